The van der Waals surface area contributed by atoms with E-state index in [1.165, 1.54) is 17.6 Å². The smallest absolute Gasteiger partial charge is 0.338 e. The van der Waals surface area contributed by atoms with Crippen LogP contribution in [0.2, 0.25) is 0 Å². The Morgan fingerprint density at radius 2 is 2.17 bits per heavy atom. The van der Waals surface area contributed by atoms with Gasteiger partial charge in [-0.2, -0.15) is 0 Å². The molecule has 2 heterocycles. The Morgan fingerprint density at radius 3 is 2.96 bits per heavy atom. The van der Waals surface area contributed by atoms with Gasteiger partial charge in [-0.25, -0.2) is 9.78 Å². The molecule has 0 unspecified atom stereocenters. The lowest BCUT2D eigenvalue weighted by molar-refractivity contribution is 0.0598. The van der Waals surface area contributed by atoms with Crippen molar-refractivity contribution in [1.29, 1.82) is 0 Å². The third kappa shape index (κ3) is 3.71. The van der Waals surface area contributed by atoms with E-state index in [4.69, 9.17) is 9.47 Å². The van der Waals surface area contributed by atoms with Gasteiger partial charge >= 0.3 is 5.97 Å². The predicted molar refractivity (Wildman–Crippen MR) is 93.4 cm³/mol. The molecule has 0 fully saturated rings. The number of fused-ring (bicyclic) bond motifs is 1. The Hall–Kier alpha value is -2.05. The molecule has 2 aromatic rings. The number of benzene rings is 1. The van der Waals surface area contributed by atoms with E-state index in [9.17, 15) is 4.79 Å². The monoisotopic (exact) mass is 344 g/mol. The summed E-state index contributed by atoms with van der Waals surface area (Å²) in [5.74, 6) is 1.33. The SMILES string of the molecule is COC(=O)c1ccccc1CN1CCSc2cnc(OC)cc2C1. The van der Waals surface area contributed by atoms with E-state index in [0.717, 1.165) is 24.4 Å². The summed E-state index contributed by atoms with van der Waals surface area (Å²) in [5, 5.41) is 0. The first-order valence-electron chi connectivity index (χ1n) is 7.75. The minimum atomic E-state index is -0.291. The largest absolute Gasteiger partial charge is 0.481 e. The zero-order valence-electron chi connectivity index (χ0n) is 13.8. The minimum absolute atomic E-state index is 0.291. The number of nitrogens with zero attached hydrogens (tertiary/aromatic N) is 2. The van der Waals surface area contributed by atoms with Gasteiger partial charge in [-0.1, -0.05) is 18.2 Å². The zero-order chi connectivity index (χ0) is 16.9. The highest BCUT2D eigenvalue weighted by atomic mass is 32.2. The maximum absolute atomic E-state index is 12.0. The number of methoxy groups -OCH3 is 2. The van der Waals surface area contributed by atoms with E-state index < -0.39 is 0 Å². The van der Waals surface area contributed by atoms with Gasteiger partial charge in [0, 0.05) is 42.5 Å². The molecule has 0 radical (unpaired) electrons. The summed E-state index contributed by atoms with van der Waals surface area (Å²) in [6, 6.07) is 9.61. The van der Waals surface area contributed by atoms with Gasteiger partial charge in [0.05, 0.1) is 19.8 Å². The number of carbonyl (C=O) groups excluding carboxylic acids is 1. The Labute approximate surface area is 146 Å². The first-order chi connectivity index (χ1) is 11.7. The fraction of sp³-hybridized carbons (Fsp3) is 0.333. The van der Waals surface area contributed by atoms with Crippen molar-refractivity contribution in [2.75, 3.05) is 26.5 Å². The van der Waals surface area contributed by atoms with Crippen LogP contribution in [0.3, 0.4) is 0 Å². The van der Waals surface area contributed by atoms with Crippen LogP contribution in [0.25, 0.3) is 0 Å². The fourth-order valence-electron chi connectivity index (χ4n) is 2.78. The van der Waals surface area contributed by atoms with E-state index in [1.807, 2.05) is 36.5 Å². The van der Waals surface area contributed by atoms with Crippen LogP contribution in [0.5, 0.6) is 5.88 Å². The number of aromatic nitrogens is 1. The Kier molecular flexibility index (Phi) is 5.37. The summed E-state index contributed by atoms with van der Waals surface area (Å²) in [6.07, 6.45) is 1.88. The predicted octanol–water partition coefficient (Wildman–Crippen LogP) is 2.98. The summed E-state index contributed by atoms with van der Waals surface area (Å²) in [7, 11) is 3.04. The number of hydrogen-bond acceptors (Lipinski definition) is 6. The lowest BCUT2D eigenvalue weighted by Crippen LogP contribution is -2.25. The van der Waals surface area contributed by atoms with Crippen molar-refractivity contribution in [3.8, 4) is 5.88 Å². The van der Waals surface area contributed by atoms with Crippen molar-refractivity contribution < 1.29 is 14.3 Å². The van der Waals surface area contributed by atoms with Gasteiger partial charge in [-0.3, -0.25) is 4.90 Å². The molecule has 0 spiro atoms. The van der Waals surface area contributed by atoms with Crippen molar-refractivity contribution in [3.63, 3.8) is 0 Å². The lowest BCUT2D eigenvalue weighted by Gasteiger charge is -2.21. The first kappa shape index (κ1) is 16.8. The summed E-state index contributed by atoms with van der Waals surface area (Å²) < 4.78 is 10.1. The molecule has 126 valence electrons. The van der Waals surface area contributed by atoms with Crippen LogP contribution in [-0.2, 0) is 17.8 Å². The van der Waals surface area contributed by atoms with E-state index in [0.29, 0.717) is 18.0 Å². The maximum Gasteiger partial charge on any atom is 0.338 e. The number of esters is 1. The third-order valence-corrected chi connectivity index (χ3v) is 5.07. The average Bonchev–Trinajstić information content (AvgIpc) is 2.82. The van der Waals surface area contributed by atoms with Gasteiger partial charge in [-0.15, -0.1) is 11.8 Å². The number of pyridine rings is 1. The van der Waals surface area contributed by atoms with Crippen LogP contribution in [0.1, 0.15) is 21.5 Å². The van der Waals surface area contributed by atoms with Gasteiger partial charge in [0.15, 0.2) is 0 Å². The second-order valence-corrected chi connectivity index (χ2v) is 6.68. The molecule has 0 N–H and O–H groups in total. The van der Waals surface area contributed by atoms with Gasteiger partial charge in [0.2, 0.25) is 5.88 Å². The van der Waals surface area contributed by atoms with E-state index in [-0.39, 0.29) is 5.97 Å². The van der Waals surface area contributed by atoms with E-state index >= 15 is 0 Å². The fourth-order valence-corrected chi connectivity index (χ4v) is 3.78. The summed E-state index contributed by atoms with van der Waals surface area (Å²) in [6.45, 7) is 2.45. The molecule has 0 bridgehead atoms. The maximum atomic E-state index is 12.0. The molecule has 0 aliphatic carbocycles. The first-order valence-corrected chi connectivity index (χ1v) is 8.74. The molecule has 3 rings (SSSR count). The highest BCUT2D eigenvalue weighted by Gasteiger charge is 2.19. The van der Waals surface area contributed by atoms with Crippen molar-refractivity contribution in [2.45, 2.75) is 18.0 Å². The Morgan fingerprint density at radius 1 is 1.33 bits per heavy atom. The Balaban J connectivity index is 1.82. The van der Waals surface area contributed by atoms with Crippen molar-refractivity contribution in [1.82, 2.24) is 9.88 Å². The molecule has 1 aliphatic heterocycles. The number of ether oxygens (including phenoxy) is 2. The molecular weight excluding hydrogens is 324 g/mol. The number of hydrogen-bond donors (Lipinski definition) is 0. The molecule has 24 heavy (non-hydrogen) atoms. The highest BCUT2D eigenvalue weighted by Crippen LogP contribution is 2.29. The number of thioether (sulfide) groups is 1. The molecule has 1 aromatic carbocycles. The van der Waals surface area contributed by atoms with Crippen LogP contribution in [0.4, 0.5) is 0 Å². The van der Waals surface area contributed by atoms with E-state index in [1.54, 1.807) is 18.9 Å². The summed E-state index contributed by atoms with van der Waals surface area (Å²) in [4.78, 5) is 19.8. The molecule has 5 nitrogen and oxygen atoms in total. The summed E-state index contributed by atoms with van der Waals surface area (Å²) >= 11 is 1.81. The number of carbonyl (C=O) groups is 1. The highest BCUT2D eigenvalue weighted by molar-refractivity contribution is 7.99. The average molecular weight is 344 g/mol. The second-order valence-electron chi connectivity index (χ2n) is 5.54. The normalized spacial score (nSPS) is 14.6. The van der Waals surface area contributed by atoms with E-state index in [2.05, 4.69) is 9.88 Å². The van der Waals surface area contributed by atoms with Crippen molar-refractivity contribution >= 4 is 17.7 Å². The number of rotatable bonds is 4. The quantitative estimate of drug-likeness (QED) is 0.795. The second kappa shape index (κ2) is 7.68. The van der Waals surface area contributed by atoms with Crippen LogP contribution >= 0.6 is 11.8 Å². The molecular formula is C18H20N2O3S. The topological polar surface area (TPSA) is 51.7 Å². The summed E-state index contributed by atoms with van der Waals surface area (Å²) in [5.41, 5.74) is 2.82. The molecule has 0 atom stereocenters. The molecule has 0 saturated heterocycles. The lowest BCUT2D eigenvalue weighted by atomic mass is 10.1. The van der Waals surface area contributed by atoms with Gasteiger partial charge in [-0.05, 0) is 17.2 Å². The van der Waals surface area contributed by atoms with Crippen LogP contribution in [-0.4, -0.2) is 42.4 Å². The van der Waals surface area contributed by atoms with Gasteiger partial charge in [0.25, 0.3) is 0 Å². The van der Waals surface area contributed by atoms with Crippen molar-refractivity contribution in [3.05, 3.63) is 53.2 Å². The van der Waals surface area contributed by atoms with Gasteiger partial charge < -0.3 is 9.47 Å². The molecule has 1 aliphatic rings. The van der Waals surface area contributed by atoms with Crippen molar-refractivity contribution in [2.24, 2.45) is 0 Å². The Bertz CT molecular complexity index is 736. The van der Waals surface area contributed by atoms with Crippen LogP contribution in [0, 0.1) is 0 Å². The van der Waals surface area contributed by atoms with Crippen LogP contribution in [0.15, 0.2) is 41.4 Å². The molecule has 0 amide bonds. The molecule has 1 aromatic heterocycles. The molecule has 0 saturated carbocycles. The van der Waals surface area contributed by atoms with Gasteiger partial charge in [0.1, 0.15) is 0 Å². The zero-order valence-corrected chi connectivity index (χ0v) is 14.6. The molecule has 6 heteroatoms. The van der Waals surface area contributed by atoms with Crippen LogP contribution < -0.4 is 4.74 Å². The minimum Gasteiger partial charge on any atom is -0.481 e. The third-order valence-electron chi connectivity index (χ3n) is 4.01. The standard InChI is InChI=1S/C18H20N2O3S/c1-22-17-9-14-12-20(7-8-24-16(14)10-19-17)11-13-5-3-4-6-15(13)18(21)23-2/h3-6,9-10H,7-8,11-12H2,1-2H3.